The van der Waals surface area contributed by atoms with Crippen molar-refractivity contribution in [2.24, 2.45) is 4.99 Å². The van der Waals surface area contributed by atoms with Crippen molar-refractivity contribution in [1.82, 2.24) is 15.8 Å². The lowest BCUT2D eigenvalue weighted by Gasteiger charge is -2.36. The van der Waals surface area contributed by atoms with E-state index in [0.717, 1.165) is 56.2 Å². The maximum absolute atomic E-state index is 11.2. The van der Waals surface area contributed by atoms with Gasteiger partial charge in [-0.2, -0.15) is 0 Å². The van der Waals surface area contributed by atoms with E-state index in [1.807, 2.05) is 36.4 Å². The Kier molecular flexibility index (Phi) is 6.89. The molecule has 2 N–H and O–H groups in total. The molecule has 2 aliphatic heterocycles. The topological polar surface area (TPSA) is 78.4 Å². The zero-order chi connectivity index (χ0) is 21.5. The summed E-state index contributed by atoms with van der Waals surface area (Å²) in [6.07, 6.45) is 0.983. The van der Waals surface area contributed by atoms with Crippen LogP contribution in [0.5, 0.6) is 11.5 Å². The summed E-state index contributed by atoms with van der Waals surface area (Å²) >= 11 is 0. The molecule has 1 fully saturated rings. The third kappa shape index (κ3) is 5.46. The molecule has 0 atom stereocenters. The molecule has 0 bridgehead atoms. The molecule has 2 aromatic carbocycles. The number of rotatable bonds is 8. The van der Waals surface area contributed by atoms with E-state index in [-0.39, 0.29) is 12.5 Å². The van der Waals surface area contributed by atoms with Crippen LogP contribution in [0.15, 0.2) is 53.5 Å². The molecule has 2 aromatic rings. The van der Waals surface area contributed by atoms with E-state index in [0.29, 0.717) is 12.4 Å². The molecule has 164 valence electrons. The average molecular weight is 424 g/mol. The number of piperazine rings is 1. The summed E-state index contributed by atoms with van der Waals surface area (Å²) in [5.74, 6) is 2.31. The smallest absolute Gasteiger partial charge is 0.260 e. The van der Waals surface area contributed by atoms with Gasteiger partial charge in [0.15, 0.2) is 0 Å². The number of benzene rings is 2. The summed E-state index contributed by atoms with van der Waals surface area (Å²) in [4.78, 5) is 20.2. The maximum atomic E-state index is 11.2. The Bertz CT molecular complexity index is 908. The monoisotopic (exact) mass is 423 g/mol. The zero-order valence-electron chi connectivity index (χ0n) is 17.8. The highest BCUT2D eigenvalue weighted by molar-refractivity contribution is 6.02. The highest BCUT2D eigenvalue weighted by Crippen LogP contribution is 2.28. The lowest BCUT2D eigenvalue weighted by Crippen LogP contribution is -2.47. The lowest BCUT2D eigenvalue weighted by molar-refractivity contribution is -0.120. The number of anilines is 1. The van der Waals surface area contributed by atoms with Crippen molar-refractivity contribution < 1.29 is 14.3 Å². The third-order valence-corrected chi connectivity index (χ3v) is 5.51. The van der Waals surface area contributed by atoms with Gasteiger partial charge in [0.05, 0.1) is 19.4 Å². The van der Waals surface area contributed by atoms with Crippen LogP contribution in [0.4, 0.5) is 5.69 Å². The number of nitrogens with zero attached hydrogens (tertiary/aromatic N) is 3. The van der Waals surface area contributed by atoms with Crippen LogP contribution in [0.25, 0.3) is 0 Å². The number of ether oxygens (including phenoxy) is 2. The normalized spacial score (nSPS) is 16.9. The number of amides is 1. The Balaban J connectivity index is 1.17. The van der Waals surface area contributed by atoms with E-state index in [1.54, 1.807) is 7.11 Å². The first kappa shape index (κ1) is 21.0. The Morgan fingerprint density at radius 1 is 1.00 bits per heavy atom. The van der Waals surface area contributed by atoms with Crippen LogP contribution in [0, 0.1) is 0 Å². The molecule has 31 heavy (non-hydrogen) atoms. The molecule has 1 saturated heterocycles. The van der Waals surface area contributed by atoms with Crippen molar-refractivity contribution in [2.75, 3.05) is 57.9 Å². The quantitative estimate of drug-likeness (QED) is 0.629. The minimum Gasteiger partial charge on any atom is -0.495 e. The van der Waals surface area contributed by atoms with Gasteiger partial charge in [-0.15, -0.1) is 0 Å². The maximum Gasteiger partial charge on any atom is 0.260 e. The number of hydrogen-bond donors (Lipinski definition) is 2. The van der Waals surface area contributed by atoms with Crippen molar-refractivity contribution in [3.8, 4) is 11.5 Å². The first-order valence-electron chi connectivity index (χ1n) is 10.7. The summed E-state index contributed by atoms with van der Waals surface area (Å²) < 4.78 is 11.4. The highest BCUT2D eigenvalue weighted by Gasteiger charge is 2.19. The molecule has 0 saturated carbocycles. The van der Waals surface area contributed by atoms with E-state index in [4.69, 9.17) is 9.47 Å². The van der Waals surface area contributed by atoms with Gasteiger partial charge in [0.1, 0.15) is 23.9 Å². The van der Waals surface area contributed by atoms with Crippen LogP contribution in [-0.2, 0) is 4.79 Å². The molecule has 2 heterocycles. The van der Waals surface area contributed by atoms with Crippen molar-refractivity contribution in [2.45, 2.75) is 6.42 Å². The van der Waals surface area contributed by atoms with E-state index in [1.165, 1.54) is 5.69 Å². The molecule has 8 heteroatoms. The van der Waals surface area contributed by atoms with Crippen LogP contribution >= 0.6 is 0 Å². The molecule has 8 nitrogen and oxygen atoms in total. The Labute approximate surface area is 182 Å². The van der Waals surface area contributed by atoms with Crippen LogP contribution in [-0.4, -0.2) is 69.6 Å². The molecule has 0 aliphatic carbocycles. The number of para-hydroxylation sites is 2. The first-order valence-corrected chi connectivity index (χ1v) is 10.7. The second-order valence-corrected chi connectivity index (χ2v) is 7.56. The van der Waals surface area contributed by atoms with E-state index >= 15 is 0 Å². The SMILES string of the molecule is COc1ccccc1N1CCN(CCCOc2ccc(C3=NCC(=O)NN3)cc2)CC1. The van der Waals surface area contributed by atoms with Crippen molar-refractivity contribution in [1.29, 1.82) is 0 Å². The Morgan fingerprint density at radius 2 is 1.77 bits per heavy atom. The van der Waals surface area contributed by atoms with E-state index in [2.05, 4.69) is 37.8 Å². The van der Waals surface area contributed by atoms with Gasteiger partial charge in [0.25, 0.3) is 5.91 Å². The molecule has 0 spiro atoms. The fraction of sp³-hybridized carbons (Fsp3) is 0.391. The summed E-state index contributed by atoms with van der Waals surface area (Å²) in [6.45, 7) is 5.94. The van der Waals surface area contributed by atoms with Crippen molar-refractivity contribution >= 4 is 17.4 Å². The second kappa shape index (κ2) is 10.2. The van der Waals surface area contributed by atoms with Gasteiger partial charge in [0, 0.05) is 38.3 Å². The van der Waals surface area contributed by atoms with Crippen LogP contribution < -0.4 is 25.2 Å². The van der Waals surface area contributed by atoms with Gasteiger partial charge in [-0.25, -0.2) is 0 Å². The molecule has 4 rings (SSSR count). The summed E-state index contributed by atoms with van der Waals surface area (Å²) in [7, 11) is 1.73. The number of hydrogen-bond acceptors (Lipinski definition) is 7. The molecular formula is C23H29N5O3. The zero-order valence-corrected chi connectivity index (χ0v) is 17.8. The standard InChI is InChI=1S/C23H29N5O3/c1-30-21-6-3-2-5-20(21)28-14-12-27(13-15-28)11-4-16-31-19-9-7-18(8-10-19)23-24-17-22(29)25-26-23/h2-3,5-10H,4,11-17H2,1H3,(H,24,26)(H,25,29). The molecule has 0 unspecified atom stereocenters. The number of carbonyl (C=O) groups is 1. The minimum atomic E-state index is -0.134. The lowest BCUT2D eigenvalue weighted by atomic mass is 10.2. The van der Waals surface area contributed by atoms with Gasteiger partial charge in [-0.05, 0) is 42.8 Å². The number of nitrogens with one attached hydrogen (secondary N) is 2. The molecule has 2 aliphatic rings. The Morgan fingerprint density at radius 3 is 2.48 bits per heavy atom. The predicted octanol–water partition coefficient (Wildman–Crippen LogP) is 1.67. The van der Waals surface area contributed by atoms with E-state index in [9.17, 15) is 4.79 Å². The average Bonchev–Trinajstić information content (AvgIpc) is 2.83. The predicted molar refractivity (Wildman–Crippen MR) is 121 cm³/mol. The summed E-state index contributed by atoms with van der Waals surface area (Å²) in [6, 6.07) is 16.0. The fourth-order valence-electron chi connectivity index (χ4n) is 3.81. The number of hydrazine groups is 1. The molecule has 1 amide bonds. The summed E-state index contributed by atoms with van der Waals surface area (Å²) in [5.41, 5.74) is 7.47. The van der Waals surface area contributed by atoms with Gasteiger partial charge >= 0.3 is 0 Å². The Hall–Kier alpha value is -3.26. The van der Waals surface area contributed by atoms with Crippen LogP contribution in [0.2, 0.25) is 0 Å². The molecule has 0 aromatic heterocycles. The van der Waals surface area contributed by atoms with Gasteiger partial charge in [0.2, 0.25) is 0 Å². The number of aliphatic imine (C=N–C) groups is 1. The third-order valence-electron chi connectivity index (χ3n) is 5.51. The second-order valence-electron chi connectivity index (χ2n) is 7.56. The number of methoxy groups -OCH3 is 1. The molecule has 0 radical (unpaired) electrons. The van der Waals surface area contributed by atoms with E-state index < -0.39 is 0 Å². The van der Waals surface area contributed by atoms with Crippen molar-refractivity contribution in [3.63, 3.8) is 0 Å². The number of carbonyl (C=O) groups excluding carboxylic acids is 1. The number of amidine groups is 1. The van der Waals surface area contributed by atoms with Gasteiger partial charge < -0.3 is 14.4 Å². The highest BCUT2D eigenvalue weighted by atomic mass is 16.5. The van der Waals surface area contributed by atoms with Crippen LogP contribution in [0.3, 0.4) is 0 Å². The molecular weight excluding hydrogens is 394 g/mol. The first-order chi connectivity index (χ1) is 15.2. The fourth-order valence-corrected chi connectivity index (χ4v) is 3.81. The van der Waals surface area contributed by atoms with Gasteiger partial charge in [-0.3, -0.25) is 25.5 Å². The van der Waals surface area contributed by atoms with Gasteiger partial charge in [-0.1, -0.05) is 12.1 Å². The largest absolute Gasteiger partial charge is 0.495 e. The minimum absolute atomic E-state index is 0.134. The van der Waals surface area contributed by atoms with Crippen molar-refractivity contribution in [3.05, 3.63) is 54.1 Å². The van der Waals surface area contributed by atoms with Crippen LogP contribution in [0.1, 0.15) is 12.0 Å². The summed E-state index contributed by atoms with van der Waals surface area (Å²) in [5, 5.41) is 0.